The van der Waals surface area contributed by atoms with E-state index in [2.05, 4.69) is 25.2 Å². The zero-order valence-corrected chi connectivity index (χ0v) is 16.2. The van der Waals surface area contributed by atoms with Crippen LogP contribution in [0, 0.1) is 6.92 Å². The molecule has 4 heterocycles. The van der Waals surface area contributed by atoms with Crippen molar-refractivity contribution in [1.82, 2.24) is 24.8 Å². The molecule has 0 spiro atoms. The van der Waals surface area contributed by atoms with Gasteiger partial charge in [-0.2, -0.15) is 0 Å². The molecule has 2 aromatic heterocycles. The third kappa shape index (κ3) is 4.53. The van der Waals surface area contributed by atoms with E-state index in [9.17, 15) is 9.59 Å². The first kappa shape index (κ1) is 18.9. The predicted molar refractivity (Wildman–Crippen MR) is 106 cm³/mol. The summed E-state index contributed by atoms with van der Waals surface area (Å²) >= 11 is 0. The number of amides is 2. The molecular formula is C19H23N7O3. The number of hydrogen-bond donors (Lipinski definition) is 1. The second-order valence-corrected chi connectivity index (χ2v) is 7.01. The molecular weight excluding hydrogens is 374 g/mol. The average Bonchev–Trinajstić information content (AvgIpc) is 3.13. The molecule has 0 unspecified atom stereocenters. The SMILES string of the molecule is Cc1ccnc(Nc2cc(N3CCN(C(=O)CN4CCOC4=O)CC3)ncn2)c1. The van der Waals surface area contributed by atoms with Crippen molar-refractivity contribution in [1.29, 1.82) is 0 Å². The van der Waals surface area contributed by atoms with Crippen molar-refractivity contribution < 1.29 is 14.3 Å². The minimum Gasteiger partial charge on any atom is -0.448 e. The van der Waals surface area contributed by atoms with Crippen LogP contribution in [0.15, 0.2) is 30.7 Å². The van der Waals surface area contributed by atoms with E-state index in [-0.39, 0.29) is 12.5 Å². The van der Waals surface area contributed by atoms with Gasteiger partial charge in [-0.05, 0) is 24.6 Å². The van der Waals surface area contributed by atoms with Gasteiger partial charge in [0.25, 0.3) is 0 Å². The summed E-state index contributed by atoms with van der Waals surface area (Å²) < 4.78 is 4.87. The third-order valence-electron chi connectivity index (χ3n) is 4.95. The molecule has 0 aliphatic carbocycles. The third-order valence-corrected chi connectivity index (χ3v) is 4.95. The van der Waals surface area contributed by atoms with E-state index in [1.165, 1.54) is 11.2 Å². The van der Waals surface area contributed by atoms with Crippen molar-refractivity contribution in [2.45, 2.75) is 6.92 Å². The predicted octanol–water partition coefficient (Wildman–Crippen LogP) is 1.02. The highest BCUT2D eigenvalue weighted by molar-refractivity contribution is 5.83. The molecule has 0 saturated carbocycles. The van der Waals surface area contributed by atoms with E-state index in [1.807, 2.05) is 25.1 Å². The summed E-state index contributed by atoms with van der Waals surface area (Å²) in [6, 6.07) is 5.76. The molecule has 0 bridgehead atoms. The van der Waals surface area contributed by atoms with Crippen LogP contribution in [0.1, 0.15) is 5.56 Å². The molecule has 10 heteroatoms. The molecule has 0 radical (unpaired) electrons. The number of hydrogen-bond acceptors (Lipinski definition) is 8. The zero-order chi connectivity index (χ0) is 20.2. The number of carbonyl (C=O) groups excluding carboxylic acids is 2. The number of rotatable bonds is 5. The van der Waals surface area contributed by atoms with Gasteiger partial charge in [-0.1, -0.05) is 0 Å². The molecule has 10 nitrogen and oxygen atoms in total. The fraction of sp³-hybridized carbons (Fsp3) is 0.421. The Hall–Kier alpha value is -3.43. The molecule has 2 amide bonds. The van der Waals surface area contributed by atoms with Crippen molar-refractivity contribution >= 4 is 29.5 Å². The monoisotopic (exact) mass is 397 g/mol. The average molecular weight is 397 g/mol. The van der Waals surface area contributed by atoms with Gasteiger partial charge in [0.05, 0.1) is 6.54 Å². The van der Waals surface area contributed by atoms with Gasteiger partial charge in [0.15, 0.2) is 0 Å². The minimum absolute atomic E-state index is 0.0564. The van der Waals surface area contributed by atoms with Gasteiger partial charge < -0.3 is 19.9 Å². The normalized spacial score (nSPS) is 16.7. The first-order valence-corrected chi connectivity index (χ1v) is 9.54. The zero-order valence-electron chi connectivity index (χ0n) is 16.2. The Balaban J connectivity index is 1.33. The number of carbonyl (C=O) groups is 2. The highest BCUT2D eigenvalue weighted by Crippen LogP contribution is 2.19. The molecule has 152 valence electrons. The Bertz CT molecular complexity index is 899. The van der Waals surface area contributed by atoms with Gasteiger partial charge in [0.2, 0.25) is 5.91 Å². The lowest BCUT2D eigenvalue weighted by Crippen LogP contribution is -2.51. The first-order valence-electron chi connectivity index (χ1n) is 9.54. The summed E-state index contributed by atoms with van der Waals surface area (Å²) in [5.74, 6) is 2.13. The summed E-state index contributed by atoms with van der Waals surface area (Å²) in [6.07, 6.45) is 2.85. The fourth-order valence-corrected chi connectivity index (χ4v) is 3.34. The standard InChI is InChI=1S/C19H23N7O3/c1-14-2-3-20-15(10-14)23-16-11-17(22-13-21-16)24-4-6-25(7-5-24)18(27)12-26-8-9-29-19(26)28/h2-3,10-11,13H,4-9,12H2,1H3,(H,20,21,22,23). The number of piperazine rings is 1. The van der Waals surface area contributed by atoms with Gasteiger partial charge in [-0.3, -0.25) is 9.69 Å². The number of anilines is 3. The van der Waals surface area contributed by atoms with Crippen molar-refractivity contribution in [3.05, 3.63) is 36.3 Å². The van der Waals surface area contributed by atoms with Crippen LogP contribution in [0.5, 0.6) is 0 Å². The van der Waals surface area contributed by atoms with Crippen molar-refractivity contribution in [3.8, 4) is 0 Å². The van der Waals surface area contributed by atoms with E-state index in [1.54, 1.807) is 11.1 Å². The molecule has 2 aromatic rings. The van der Waals surface area contributed by atoms with E-state index in [0.29, 0.717) is 45.1 Å². The van der Waals surface area contributed by atoms with E-state index >= 15 is 0 Å². The number of nitrogens with zero attached hydrogens (tertiary/aromatic N) is 6. The molecule has 0 atom stereocenters. The summed E-state index contributed by atoms with van der Waals surface area (Å²) in [5.41, 5.74) is 1.11. The molecule has 2 aliphatic heterocycles. The first-order chi connectivity index (χ1) is 14.1. The summed E-state index contributed by atoms with van der Waals surface area (Å²) in [7, 11) is 0. The summed E-state index contributed by atoms with van der Waals surface area (Å²) in [5, 5.41) is 3.19. The van der Waals surface area contributed by atoms with E-state index < -0.39 is 6.09 Å². The van der Waals surface area contributed by atoms with Crippen LogP contribution >= 0.6 is 0 Å². The summed E-state index contributed by atoms with van der Waals surface area (Å²) in [6.45, 7) is 5.38. The molecule has 2 fully saturated rings. The lowest BCUT2D eigenvalue weighted by molar-refractivity contribution is -0.132. The second-order valence-electron chi connectivity index (χ2n) is 7.01. The number of nitrogens with one attached hydrogen (secondary N) is 1. The molecule has 2 aliphatic rings. The fourth-order valence-electron chi connectivity index (χ4n) is 3.34. The van der Waals surface area contributed by atoms with E-state index in [4.69, 9.17) is 4.74 Å². The van der Waals surface area contributed by atoms with Crippen LogP contribution in [-0.2, 0) is 9.53 Å². The van der Waals surface area contributed by atoms with Gasteiger partial charge in [0.1, 0.15) is 36.9 Å². The lowest BCUT2D eigenvalue weighted by Gasteiger charge is -2.35. The topological polar surface area (TPSA) is 104 Å². The smallest absolute Gasteiger partial charge is 0.410 e. The maximum Gasteiger partial charge on any atom is 0.410 e. The Morgan fingerprint density at radius 3 is 2.62 bits per heavy atom. The largest absolute Gasteiger partial charge is 0.448 e. The van der Waals surface area contributed by atoms with Gasteiger partial charge in [0, 0.05) is 38.4 Å². The number of pyridine rings is 1. The maximum absolute atomic E-state index is 12.4. The maximum atomic E-state index is 12.4. The van der Waals surface area contributed by atoms with Gasteiger partial charge in [-0.25, -0.2) is 19.7 Å². The van der Waals surface area contributed by atoms with Crippen LogP contribution in [-0.4, -0.2) is 82.6 Å². The summed E-state index contributed by atoms with van der Waals surface area (Å²) in [4.78, 5) is 42.2. The van der Waals surface area contributed by atoms with Crippen LogP contribution in [0.4, 0.5) is 22.2 Å². The number of aryl methyl sites for hydroxylation is 1. The quantitative estimate of drug-likeness (QED) is 0.798. The molecule has 29 heavy (non-hydrogen) atoms. The Labute approximate surface area is 168 Å². The molecule has 2 saturated heterocycles. The molecule has 0 aromatic carbocycles. The van der Waals surface area contributed by atoms with Crippen LogP contribution in [0.25, 0.3) is 0 Å². The Morgan fingerprint density at radius 1 is 1.10 bits per heavy atom. The van der Waals surface area contributed by atoms with Crippen LogP contribution in [0.3, 0.4) is 0 Å². The van der Waals surface area contributed by atoms with Crippen molar-refractivity contribution in [3.63, 3.8) is 0 Å². The highest BCUT2D eigenvalue weighted by Gasteiger charge is 2.28. The van der Waals surface area contributed by atoms with Crippen molar-refractivity contribution in [2.75, 3.05) is 56.1 Å². The molecule has 4 rings (SSSR count). The van der Waals surface area contributed by atoms with Crippen LogP contribution < -0.4 is 10.2 Å². The lowest BCUT2D eigenvalue weighted by atomic mass is 10.3. The van der Waals surface area contributed by atoms with Crippen molar-refractivity contribution in [2.24, 2.45) is 0 Å². The van der Waals surface area contributed by atoms with Gasteiger partial charge >= 0.3 is 6.09 Å². The molecule has 1 N–H and O–H groups in total. The second kappa shape index (κ2) is 8.29. The number of aromatic nitrogens is 3. The van der Waals surface area contributed by atoms with Crippen LogP contribution in [0.2, 0.25) is 0 Å². The Morgan fingerprint density at radius 2 is 1.90 bits per heavy atom. The Kier molecular flexibility index (Phi) is 5.41. The van der Waals surface area contributed by atoms with Gasteiger partial charge in [-0.15, -0.1) is 0 Å². The van der Waals surface area contributed by atoms with E-state index in [0.717, 1.165) is 17.2 Å². The highest BCUT2D eigenvalue weighted by atomic mass is 16.6. The minimum atomic E-state index is -0.416. The number of ether oxygens (including phenoxy) is 1. The number of cyclic esters (lactones) is 1.